The quantitative estimate of drug-likeness (QED) is 0.703. The molecule has 6 nitrogen and oxygen atoms in total. The molecule has 0 atom stereocenters. The molecule has 21 heavy (non-hydrogen) atoms. The van der Waals surface area contributed by atoms with E-state index in [2.05, 4.69) is 5.32 Å². The lowest BCUT2D eigenvalue weighted by molar-refractivity contribution is -0.138. The topological polar surface area (TPSA) is 86.7 Å². The van der Waals surface area contributed by atoms with Crippen molar-refractivity contribution in [3.63, 3.8) is 0 Å². The third-order valence-corrected chi connectivity index (χ3v) is 2.98. The number of aliphatic carboxylic acids is 1. The molecule has 1 aromatic rings. The number of rotatable bonds is 8. The minimum Gasteiger partial charge on any atom is -0.481 e. The van der Waals surface area contributed by atoms with Crippen molar-refractivity contribution < 1.29 is 19.5 Å². The molecular formula is C15H20N2O4. The largest absolute Gasteiger partial charge is 0.481 e. The van der Waals surface area contributed by atoms with E-state index in [1.807, 2.05) is 6.07 Å². The van der Waals surface area contributed by atoms with Crippen LogP contribution in [0.25, 0.3) is 0 Å². The zero-order valence-electron chi connectivity index (χ0n) is 12.0. The molecule has 0 saturated carbocycles. The number of carbonyl (C=O) groups is 3. The maximum absolute atomic E-state index is 11.7. The Kier molecular flexibility index (Phi) is 6.94. The summed E-state index contributed by atoms with van der Waals surface area (Å²) in [6.45, 7) is 0.608. The number of nitrogens with zero attached hydrogens (tertiary/aromatic N) is 1. The average molecular weight is 292 g/mol. The zero-order valence-corrected chi connectivity index (χ0v) is 12.0. The van der Waals surface area contributed by atoms with Crippen molar-refractivity contribution >= 4 is 17.8 Å². The fourth-order valence-electron chi connectivity index (χ4n) is 1.71. The molecule has 2 N–H and O–H groups in total. The van der Waals surface area contributed by atoms with Gasteiger partial charge in [-0.15, -0.1) is 0 Å². The van der Waals surface area contributed by atoms with Gasteiger partial charge in [0, 0.05) is 32.1 Å². The highest BCUT2D eigenvalue weighted by Crippen LogP contribution is 1.99. The highest BCUT2D eigenvalue weighted by Gasteiger charge is 2.10. The van der Waals surface area contributed by atoms with Crippen molar-refractivity contribution in [3.8, 4) is 0 Å². The van der Waals surface area contributed by atoms with Crippen LogP contribution in [0.2, 0.25) is 0 Å². The molecule has 0 heterocycles. The molecule has 0 aliphatic carbocycles. The number of amides is 2. The van der Waals surface area contributed by atoms with Gasteiger partial charge in [-0.3, -0.25) is 14.4 Å². The van der Waals surface area contributed by atoms with Gasteiger partial charge in [0.1, 0.15) is 0 Å². The second-order valence-electron chi connectivity index (χ2n) is 4.68. The minimum atomic E-state index is -0.926. The summed E-state index contributed by atoms with van der Waals surface area (Å²) in [4.78, 5) is 35.2. The summed E-state index contributed by atoms with van der Waals surface area (Å²) in [5.74, 6) is -1.21. The van der Waals surface area contributed by atoms with Crippen molar-refractivity contribution in [2.24, 2.45) is 0 Å². The molecular weight excluding hydrogens is 272 g/mol. The molecule has 0 fully saturated rings. The van der Waals surface area contributed by atoms with Crippen LogP contribution in [-0.4, -0.2) is 47.9 Å². The molecule has 1 rings (SSSR count). The second-order valence-corrected chi connectivity index (χ2v) is 4.68. The first-order valence-electron chi connectivity index (χ1n) is 6.79. The predicted octanol–water partition coefficient (Wildman–Crippen LogP) is 1.13. The Balaban J connectivity index is 2.20. The molecule has 0 unspecified atom stereocenters. The van der Waals surface area contributed by atoms with E-state index < -0.39 is 5.97 Å². The van der Waals surface area contributed by atoms with Gasteiger partial charge >= 0.3 is 5.97 Å². The van der Waals surface area contributed by atoms with Gasteiger partial charge < -0.3 is 15.3 Å². The van der Waals surface area contributed by atoms with Crippen LogP contribution in [0, 0.1) is 0 Å². The minimum absolute atomic E-state index is 0.0625. The molecule has 0 radical (unpaired) electrons. The van der Waals surface area contributed by atoms with Crippen LogP contribution >= 0.6 is 0 Å². The Morgan fingerprint density at radius 1 is 1.14 bits per heavy atom. The molecule has 0 aliphatic rings. The van der Waals surface area contributed by atoms with Crippen LogP contribution < -0.4 is 5.32 Å². The van der Waals surface area contributed by atoms with E-state index >= 15 is 0 Å². The van der Waals surface area contributed by atoms with Crippen LogP contribution in [0.4, 0.5) is 0 Å². The molecule has 114 valence electrons. The Bertz CT molecular complexity index is 488. The average Bonchev–Trinajstić information content (AvgIpc) is 2.49. The first-order chi connectivity index (χ1) is 10.0. The lowest BCUT2D eigenvalue weighted by Gasteiger charge is -2.15. The monoisotopic (exact) mass is 292 g/mol. The van der Waals surface area contributed by atoms with Crippen LogP contribution in [0.3, 0.4) is 0 Å². The fraction of sp³-hybridized carbons (Fsp3) is 0.400. The first-order valence-corrected chi connectivity index (χ1v) is 6.79. The molecule has 1 aromatic carbocycles. The van der Waals surface area contributed by atoms with Crippen molar-refractivity contribution in [3.05, 3.63) is 35.9 Å². The van der Waals surface area contributed by atoms with E-state index in [4.69, 9.17) is 5.11 Å². The second kappa shape index (κ2) is 8.73. The number of nitrogens with one attached hydrogen (secondary N) is 1. The third-order valence-electron chi connectivity index (χ3n) is 2.98. The molecule has 0 saturated heterocycles. The van der Waals surface area contributed by atoms with Gasteiger partial charge in [0.05, 0.1) is 6.42 Å². The van der Waals surface area contributed by atoms with E-state index in [9.17, 15) is 14.4 Å². The van der Waals surface area contributed by atoms with E-state index in [0.717, 1.165) is 0 Å². The summed E-state index contributed by atoms with van der Waals surface area (Å²) in [7, 11) is 1.58. The summed E-state index contributed by atoms with van der Waals surface area (Å²) >= 11 is 0. The van der Waals surface area contributed by atoms with Crippen LogP contribution in [0.15, 0.2) is 30.3 Å². The Morgan fingerprint density at radius 2 is 1.81 bits per heavy atom. The molecule has 0 aromatic heterocycles. The molecule has 6 heteroatoms. The van der Waals surface area contributed by atoms with Gasteiger partial charge in [0.15, 0.2) is 0 Å². The van der Waals surface area contributed by atoms with E-state index in [-0.39, 0.29) is 31.2 Å². The lowest BCUT2D eigenvalue weighted by Crippen LogP contribution is -2.30. The number of carboxylic acid groups (broad SMARTS) is 1. The van der Waals surface area contributed by atoms with Crippen molar-refractivity contribution in [2.75, 3.05) is 20.1 Å². The summed E-state index contributed by atoms with van der Waals surface area (Å²) in [5, 5.41) is 11.3. The van der Waals surface area contributed by atoms with E-state index in [1.54, 1.807) is 31.3 Å². The lowest BCUT2D eigenvalue weighted by atomic mass is 10.2. The fourth-order valence-corrected chi connectivity index (χ4v) is 1.71. The summed E-state index contributed by atoms with van der Waals surface area (Å²) < 4.78 is 0. The predicted molar refractivity (Wildman–Crippen MR) is 77.9 cm³/mol. The van der Waals surface area contributed by atoms with Crippen molar-refractivity contribution in [2.45, 2.75) is 19.3 Å². The van der Waals surface area contributed by atoms with Gasteiger partial charge in [-0.05, 0) is 18.6 Å². The number of benzene rings is 1. The summed E-state index contributed by atoms with van der Waals surface area (Å²) in [6.07, 6.45) is 0.743. The summed E-state index contributed by atoms with van der Waals surface area (Å²) in [5.41, 5.74) is 0.586. The number of carbonyl (C=O) groups excluding carboxylic acids is 2. The maximum atomic E-state index is 11.7. The SMILES string of the molecule is CN(CCC(=O)O)C(=O)CCCNC(=O)c1ccccc1. The van der Waals surface area contributed by atoms with Gasteiger partial charge in [0.25, 0.3) is 5.91 Å². The highest BCUT2D eigenvalue weighted by molar-refractivity contribution is 5.94. The molecule has 2 amide bonds. The van der Waals surface area contributed by atoms with E-state index in [1.165, 1.54) is 4.90 Å². The highest BCUT2D eigenvalue weighted by atomic mass is 16.4. The van der Waals surface area contributed by atoms with Crippen LogP contribution in [0.1, 0.15) is 29.6 Å². The molecule has 0 aliphatic heterocycles. The Labute approximate surface area is 123 Å². The molecule has 0 spiro atoms. The number of carboxylic acids is 1. The molecule has 0 bridgehead atoms. The Morgan fingerprint density at radius 3 is 2.43 bits per heavy atom. The zero-order chi connectivity index (χ0) is 15.7. The van der Waals surface area contributed by atoms with Gasteiger partial charge in [-0.1, -0.05) is 18.2 Å². The maximum Gasteiger partial charge on any atom is 0.305 e. The van der Waals surface area contributed by atoms with Crippen LogP contribution in [-0.2, 0) is 9.59 Å². The van der Waals surface area contributed by atoms with E-state index in [0.29, 0.717) is 18.5 Å². The van der Waals surface area contributed by atoms with Crippen molar-refractivity contribution in [1.29, 1.82) is 0 Å². The van der Waals surface area contributed by atoms with Crippen LogP contribution in [0.5, 0.6) is 0 Å². The van der Waals surface area contributed by atoms with Crippen molar-refractivity contribution in [1.82, 2.24) is 10.2 Å². The third kappa shape index (κ3) is 6.56. The number of hydrogen-bond donors (Lipinski definition) is 2. The van der Waals surface area contributed by atoms with Gasteiger partial charge in [-0.2, -0.15) is 0 Å². The standard InChI is InChI=1S/C15H20N2O4/c1-17(11-9-14(19)20)13(18)8-5-10-16-15(21)12-6-3-2-4-7-12/h2-4,6-7H,5,8-11H2,1H3,(H,16,21)(H,19,20). The first kappa shape index (κ1) is 16.7. The summed E-state index contributed by atoms with van der Waals surface area (Å²) in [6, 6.07) is 8.86. The van der Waals surface area contributed by atoms with Gasteiger partial charge in [0.2, 0.25) is 5.91 Å². The smallest absolute Gasteiger partial charge is 0.305 e. The number of hydrogen-bond acceptors (Lipinski definition) is 3. The van der Waals surface area contributed by atoms with Gasteiger partial charge in [-0.25, -0.2) is 0 Å². The Hall–Kier alpha value is -2.37. The normalized spacial score (nSPS) is 9.95.